The lowest BCUT2D eigenvalue weighted by atomic mass is 9.78. The number of nitrogens with zero attached hydrogens (tertiary/aromatic N) is 1. The van der Waals surface area contributed by atoms with Crippen LogP contribution in [0.15, 0.2) is 47.4 Å². The Balaban J connectivity index is 1.67. The second-order valence-corrected chi connectivity index (χ2v) is 10.1. The van der Waals surface area contributed by atoms with E-state index in [1.54, 1.807) is 12.1 Å². The summed E-state index contributed by atoms with van der Waals surface area (Å²) in [4.78, 5) is 13.6. The first-order valence-corrected chi connectivity index (χ1v) is 12.1. The van der Waals surface area contributed by atoms with Crippen LogP contribution >= 0.6 is 0 Å². The van der Waals surface area contributed by atoms with Crippen LogP contribution in [0.5, 0.6) is 5.75 Å². The number of ether oxygens (including phenoxy) is 2. The van der Waals surface area contributed by atoms with Crippen molar-refractivity contribution >= 4 is 21.6 Å². The van der Waals surface area contributed by atoms with E-state index in [1.807, 2.05) is 0 Å². The van der Waals surface area contributed by atoms with Crippen LogP contribution in [-0.4, -0.2) is 52.0 Å². The van der Waals surface area contributed by atoms with E-state index in [2.05, 4.69) is 5.32 Å². The van der Waals surface area contributed by atoms with E-state index in [0.29, 0.717) is 37.4 Å². The highest BCUT2D eigenvalue weighted by Crippen LogP contribution is 2.43. The minimum atomic E-state index is -3.74. The Labute approximate surface area is 187 Å². The van der Waals surface area contributed by atoms with Crippen LogP contribution in [0.25, 0.3) is 0 Å². The fraction of sp³-hybridized carbons (Fsp3) is 0.435. The van der Waals surface area contributed by atoms with E-state index in [1.165, 1.54) is 41.7 Å². The van der Waals surface area contributed by atoms with Crippen LogP contribution in [0.4, 0.5) is 10.1 Å². The van der Waals surface area contributed by atoms with Gasteiger partial charge in [0.1, 0.15) is 11.6 Å². The molecule has 1 aliphatic heterocycles. The number of carbonyl (C=O) groups excluding carboxylic acids is 1. The lowest BCUT2D eigenvalue weighted by Crippen LogP contribution is -2.40. The van der Waals surface area contributed by atoms with Crippen molar-refractivity contribution in [3.05, 3.63) is 53.8 Å². The van der Waals surface area contributed by atoms with Crippen LogP contribution in [0.2, 0.25) is 0 Å². The van der Waals surface area contributed by atoms with Crippen LogP contribution in [0.1, 0.15) is 31.2 Å². The van der Waals surface area contributed by atoms with E-state index >= 15 is 0 Å². The Morgan fingerprint density at radius 3 is 2.50 bits per heavy atom. The monoisotopic (exact) mass is 462 g/mol. The van der Waals surface area contributed by atoms with Gasteiger partial charge >= 0.3 is 0 Å². The third kappa shape index (κ3) is 4.24. The average Bonchev–Trinajstić information content (AvgIpc) is 3.31. The number of hydrogen-bond donors (Lipinski definition) is 1. The summed E-state index contributed by atoms with van der Waals surface area (Å²) in [5.74, 6) is -0.329. The molecule has 1 heterocycles. The van der Waals surface area contributed by atoms with Crippen LogP contribution in [-0.2, 0) is 25.0 Å². The number of benzene rings is 2. The maximum atomic E-state index is 13.9. The predicted octanol–water partition coefficient (Wildman–Crippen LogP) is 3.31. The summed E-state index contributed by atoms with van der Waals surface area (Å²) in [6, 6.07) is 10.6. The molecule has 1 saturated heterocycles. The Morgan fingerprint density at radius 2 is 1.84 bits per heavy atom. The van der Waals surface area contributed by atoms with Gasteiger partial charge in [0.2, 0.25) is 15.9 Å². The molecular weight excluding hydrogens is 435 g/mol. The van der Waals surface area contributed by atoms with E-state index in [9.17, 15) is 17.6 Å². The summed E-state index contributed by atoms with van der Waals surface area (Å²) < 4.78 is 52.1. The Hall–Kier alpha value is -2.49. The molecule has 0 aromatic heterocycles. The molecule has 0 atom stereocenters. The van der Waals surface area contributed by atoms with Crippen LogP contribution in [0, 0.1) is 5.82 Å². The van der Waals surface area contributed by atoms with Crippen molar-refractivity contribution in [1.82, 2.24) is 4.31 Å². The maximum absolute atomic E-state index is 13.9. The molecule has 2 fully saturated rings. The second kappa shape index (κ2) is 9.17. The van der Waals surface area contributed by atoms with Crippen molar-refractivity contribution in [3.8, 4) is 5.75 Å². The smallest absolute Gasteiger partial charge is 0.243 e. The molecule has 9 heteroatoms. The molecular formula is C23H27FN2O5S. The van der Waals surface area contributed by atoms with Gasteiger partial charge in [-0.15, -0.1) is 0 Å². The van der Waals surface area contributed by atoms with Crippen molar-refractivity contribution in [2.75, 3.05) is 38.7 Å². The van der Waals surface area contributed by atoms with Gasteiger partial charge in [-0.1, -0.05) is 25.0 Å². The predicted molar refractivity (Wildman–Crippen MR) is 118 cm³/mol. The quantitative estimate of drug-likeness (QED) is 0.712. The molecule has 32 heavy (non-hydrogen) atoms. The first kappa shape index (κ1) is 22.7. The second-order valence-electron chi connectivity index (χ2n) is 8.13. The van der Waals surface area contributed by atoms with Gasteiger partial charge in [-0.2, -0.15) is 4.31 Å². The summed E-state index contributed by atoms with van der Waals surface area (Å²) in [5.41, 5.74) is 0.0321. The summed E-state index contributed by atoms with van der Waals surface area (Å²) in [7, 11) is -2.28. The number of halogens is 1. The summed E-state index contributed by atoms with van der Waals surface area (Å²) in [6.07, 6.45) is 2.89. The molecule has 1 amide bonds. The zero-order valence-corrected chi connectivity index (χ0v) is 18.8. The summed E-state index contributed by atoms with van der Waals surface area (Å²) in [6.45, 7) is 1.24. The van der Waals surface area contributed by atoms with Gasteiger partial charge in [-0.3, -0.25) is 4.79 Å². The lowest BCUT2D eigenvalue weighted by Gasteiger charge is -2.29. The molecule has 1 N–H and O–H groups in total. The van der Waals surface area contributed by atoms with Gasteiger partial charge in [0, 0.05) is 13.1 Å². The van der Waals surface area contributed by atoms with Gasteiger partial charge in [0.05, 0.1) is 36.3 Å². The molecule has 1 saturated carbocycles. The van der Waals surface area contributed by atoms with Gasteiger partial charge in [0.15, 0.2) is 0 Å². The first-order chi connectivity index (χ1) is 15.4. The van der Waals surface area contributed by atoms with Crippen molar-refractivity contribution in [1.29, 1.82) is 0 Å². The topological polar surface area (TPSA) is 84.9 Å². The Kier molecular flexibility index (Phi) is 6.50. The van der Waals surface area contributed by atoms with Crippen LogP contribution < -0.4 is 10.1 Å². The zero-order valence-electron chi connectivity index (χ0n) is 18.0. The van der Waals surface area contributed by atoms with Gasteiger partial charge < -0.3 is 14.8 Å². The number of sulfonamides is 1. The first-order valence-electron chi connectivity index (χ1n) is 10.7. The minimum Gasteiger partial charge on any atom is -0.495 e. The number of methoxy groups -OCH3 is 1. The molecule has 0 spiro atoms. The average molecular weight is 463 g/mol. The highest BCUT2D eigenvalue weighted by Gasteiger charge is 2.43. The van der Waals surface area contributed by atoms with Crippen LogP contribution in [0.3, 0.4) is 0 Å². The number of amides is 1. The van der Waals surface area contributed by atoms with E-state index in [0.717, 1.165) is 12.8 Å². The minimum absolute atomic E-state index is 0.0710. The maximum Gasteiger partial charge on any atom is 0.243 e. The van der Waals surface area contributed by atoms with Crippen molar-refractivity contribution in [3.63, 3.8) is 0 Å². The fourth-order valence-corrected chi connectivity index (χ4v) is 5.97. The lowest BCUT2D eigenvalue weighted by molar-refractivity contribution is -0.121. The summed E-state index contributed by atoms with van der Waals surface area (Å²) >= 11 is 0. The number of hydrogen-bond acceptors (Lipinski definition) is 5. The Bertz CT molecular complexity index is 1090. The number of anilines is 1. The molecule has 0 radical (unpaired) electrons. The molecule has 4 rings (SSSR count). The number of nitrogens with one attached hydrogen (secondary N) is 1. The largest absolute Gasteiger partial charge is 0.495 e. The molecule has 2 aromatic rings. The zero-order chi connectivity index (χ0) is 22.8. The molecule has 172 valence electrons. The Morgan fingerprint density at radius 1 is 1.12 bits per heavy atom. The van der Waals surface area contributed by atoms with E-state index in [-0.39, 0.29) is 29.6 Å². The standard InChI is InChI=1S/C23H27FN2O5S/c1-30-21-8-7-19(32(28,29)26-11-13-31-14-12-26)16-20(21)25-22(27)23(9-2-3-10-23)17-5-4-6-18(24)15-17/h4-8,15-16H,2-3,9-14H2,1H3,(H,25,27). The molecule has 7 nitrogen and oxygen atoms in total. The molecule has 0 bridgehead atoms. The molecule has 1 aliphatic carbocycles. The SMILES string of the molecule is COc1ccc(S(=O)(=O)N2CCOCC2)cc1NC(=O)C1(c2cccc(F)c2)CCCC1. The van der Waals surface area contributed by atoms with Crippen molar-refractivity contribution < 1.29 is 27.1 Å². The molecule has 0 unspecified atom stereocenters. The third-order valence-electron chi connectivity index (χ3n) is 6.30. The molecule has 2 aromatic carbocycles. The molecule has 2 aliphatic rings. The normalized spacial score (nSPS) is 18.9. The summed E-state index contributed by atoms with van der Waals surface area (Å²) in [5, 5.41) is 2.88. The number of carbonyl (C=O) groups is 1. The number of rotatable bonds is 6. The fourth-order valence-electron chi connectivity index (χ4n) is 4.53. The van der Waals surface area contributed by atoms with Gasteiger partial charge in [-0.25, -0.2) is 12.8 Å². The van der Waals surface area contributed by atoms with E-state index in [4.69, 9.17) is 9.47 Å². The van der Waals surface area contributed by atoms with Crippen molar-refractivity contribution in [2.24, 2.45) is 0 Å². The van der Waals surface area contributed by atoms with Gasteiger partial charge in [0.25, 0.3) is 0 Å². The highest BCUT2D eigenvalue weighted by molar-refractivity contribution is 7.89. The number of morpholine rings is 1. The van der Waals surface area contributed by atoms with Crippen molar-refractivity contribution in [2.45, 2.75) is 36.0 Å². The van der Waals surface area contributed by atoms with E-state index < -0.39 is 21.3 Å². The highest BCUT2D eigenvalue weighted by atomic mass is 32.2. The van der Waals surface area contributed by atoms with Gasteiger partial charge in [-0.05, 0) is 48.7 Å². The third-order valence-corrected chi connectivity index (χ3v) is 8.19.